The highest BCUT2D eigenvalue weighted by Crippen LogP contribution is 2.66. The molecule has 4 bridgehead atoms. The van der Waals surface area contributed by atoms with Crippen molar-refractivity contribution in [1.82, 2.24) is 0 Å². The fraction of sp³-hybridized carbons (Fsp3) is 0.159. The number of furan rings is 1. The van der Waals surface area contributed by atoms with Gasteiger partial charge in [-0.05, 0) is 160 Å². The van der Waals surface area contributed by atoms with E-state index in [1.165, 1.54) is 122 Å². The van der Waals surface area contributed by atoms with Gasteiger partial charge in [0.2, 0.25) is 0 Å². The molecule has 4 saturated carbocycles. The molecule has 0 amide bonds. The lowest BCUT2D eigenvalue weighted by Crippen LogP contribution is -2.48. The summed E-state index contributed by atoms with van der Waals surface area (Å²) in [6.45, 7) is 0. The molecule has 5 aliphatic carbocycles. The lowest BCUT2D eigenvalue weighted by Gasteiger charge is -2.57. The highest BCUT2D eigenvalue weighted by molar-refractivity contribution is 6.11. The van der Waals surface area contributed by atoms with E-state index in [0.717, 1.165) is 56.8 Å². The predicted molar refractivity (Wildman–Crippen MR) is 294 cm³/mol. The van der Waals surface area contributed by atoms with Crippen LogP contribution >= 0.6 is 0 Å². The molecule has 1 aromatic heterocycles. The molecule has 4 fully saturated rings. The molecule has 72 heavy (non-hydrogen) atoms. The summed E-state index contributed by atoms with van der Waals surface area (Å²) in [4.78, 5) is 2.70. The number of rotatable bonds is 6. The van der Waals surface area contributed by atoms with Gasteiger partial charge in [0, 0.05) is 38.7 Å². The second-order valence-electron chi connectivity index (χ2n) is 21.7. The van der Waals surface area contributed by atoms with E-state index in [0.29, 0.717) is 0 Å². The summed E-state index contributed by atoms with van der Waals surface area (Å²) in [6.07, 6.45) is 8.06. The maximum absolute atomic E-state index is 6.80. The van der Waals surface area contributed by atoms with Crippen molar-refractivity contribution in [3.05, 3.63) is 246 Å². The zero-order chi connectivity index (χ0) is 47.1. The molecule has 344 valence electrons. The molecule has 0 radical (unpaired) electrons. The number of nitrogens with zero attached hydrogens (tertiary/aromatic N) is 1. The van der Waals surface area contributed by atoms with Gasteiger partial charge in [-0.2, -0.15) is 0 Å². The topological polar surface area (TPSA) is 25.6 Å². The second-order valence-corrected chi connectivity index (χ2v) is 21.7. The molecular weight excluding hydrogens is 875 g/mol. The fourth-order valence-electron chi connectivity index (χ4n) is 15.6. The van der Waals surface area contributed by atoms with Crippen molar-refractivity contribution in [3.63, 3.8) is 0 Å². The Morgan fingerprint density at radius 3 is 1.62 bits per heavy atom. The van der Waals surface area contributed by atoms with Crippen molar-refractivity contribution >= 4 is 49.8 Å². The van der Waals surface area contributed by atoms with Crippen LogP contribution in [0.4, 0.5) is 17.1 Å². The van der Waals surface area contributed by atoms with Crippen LogP contribution in [0.2, 0.25) is 0 Å². The number of para-hydroxylation sites is 5. The van der Waals surface area contributed by atoms with E-state index in [9.17, 15) is 0 Å². The van der Waals surface area contributed by atoms with Crippen LogP contribution in [0.25, 0.3) is 66.1 Å². The Bertz CT molecular complexity index is 3960. The third kappa shape index (κ3) is 5.62. The van der Waals surface area contributed by atoms with Crippen molar-refractivity contribution in [2.75, 3.05) is 4.90 Å². The Labute approximate surface area is 420 Å². The summed E-state index contributed by atoms with van der Waals surface area (Å²) < 4.78 is 13.2. The smallest absolute Gasteiger partial charge is 0.136 e. The van der Waals surface area contributed by atoms with Crippen molar-refractivity contribution in [1.29, 1.82) is 0 Å². The Morgan fingerprint density at radius 1 is 0.361 bits per heavy atom. The zero-order valence-corrected chi connectivity index (χ0v) is 40.0. The van der Waals surface area contributed by atoms with E-state index in [2.05, 4.69) is 217 Å². The van der Waals surface area contributed by atoms with Gasteiger partial charge in [0.1, 0.15) is 22.7 Å². The molecule has 6 aliphatic rings. The normalized spacial score (nSPS) is 20.6. The highest BCUT2D eigenvalue weighted by Gasteiger charge is 2.54. The molecule has 10 aromatic carbocycles. The minimum Gasteiger partial charge on any atom is -0.457 e. The number of hydrogen-bond acceptors (Lipinski definition) is 3. The maximum atomic E-state index is 6.80. The molecule has 3 heteroatoms. The third-order valence-electron chi connectivity index (χ3n) is 17.9. The largest absolute Gasteiger partial charge is 0.457 e. The number of fused-ring (bicyclic) bond motifs is 13. The quantitative estimate of drug-likeness (QED) is 0.166. The van der Waals surface area contributed by atoms with Crippen LogP contribution in [-0.4, -0.2) is 0 Å². The number of ether oxygens (including phenoxy) is 1. The van der Waals surface area contributed by atoms with Crippen molar-refractivity contribution in [3.8, 4) is 44.9 Å². The van der Waals surface area contributed by atoms with E-state index in [1.54, 1.807) is 0 Å². The second kappa shape index (κ2) is 15.2. The SMILES string of the molecule is c1ccc2c(c1)Oc1ccccc1C21c2ccccc2-c2c(N(c3ccccc3-c3ccc(-c4ccc5c(c4)oc4ccccc45)c4ccccc34)c3ccccc3C34CC5CC(CC(C5)C3)C4)cccc21. The van der Waals surface area contributed by atoms with Gasteiger partial charge in [0.25, 0.3) is 0 Å². The zero-order valence-electron chi connectivity index (χ0n) is 40.0. The van der Waals surface area contributed by atoms with Crippen LogP contribution in [-0.2, 0) is 10.8 Å². The molecule has 2 heterocycles. The van der Waals surface area contributed by atoms with Gasteiger partial charge in [0.05, 0.1) is 16.8 Å². The van der Waals surface area contributed by atoms with Gasteiger partial charge in [-0.3, -0.25) is 0 Å². The minimum absolute atomic E-state index is 0.142. The Kier molecular flexibility index (Phi) is 8.56. The molecule has 17 rings (SSSR count). The minimum atomic E-state index is -0.588. The standard InChI is InChI=1S/C69H51NO2/c1-2-17-49-48(16-1)47(46-32-33-53-52-19-5-12-29-63(52)71-66(53)39-46)34-35-50(49)51-18-4-10-26-60(51)70(61-27-11-7-22-56(61)68-40-43-36-44(41-68)38-45(37-43)42-68)62-28-15-25-59-67(62)54-20-3-6-21-55(54)69(59)57-23-8-13-30-64(57)72-65-31-14-9-24-58(65)69/h1-35,39,43-45H,36-38,40-42H2. The van der Waals surface area contributed by atoms with Crippen LogP contribution in [0, 0.1) is 17.8 Å². The monoisotopic (exact) mass is 925 g/mol. The lowest BCUT2D eigenvalue weighted by atomic mass is 9.48. The molecule has 3 nitrogen and oxygen atoms in total. The van der Waals surface area contributed by atoms with Gasteiger partial charge < -0.3 is 14.1 Å². The summed E-state index contributed by atoms with van der Waals surface area (Å²) in [7, 11) is 0. The molecular formula is C69H51NO2. The lowest BCUT2D eigenvalue weighted by molar-refractivity contribution is -0.00491. The number of benzene rings is 10. The van der Waals surface area contributed by atoms with Gasteiger partial charge in [-0.15, -0.1) is 0 Å². The predicted octanol–water partition coefficient (Wildman–Crippen LogP) is 18.5. The Balaban J connectivity index is 0.955. The first kappa shape index (κ1) is 40.6. The van der Waals surface area contributed by atoms with Gasteiger partial charge in [-0.25, -0.2) is 0 Å². The first-order valence-corrected chi connectivity index (χ1v) is 26.2. The molecule has 0 atom stereocenters. The molecule has 1 aliphatic heterocycles. The van der Waals surface area contributed by atoms with Gasteiger partial charge in [-0.1, -0.05) is 170 Å². The third-order valence-corrected chi connectivity index (χ3v) is 17.9. The van der Waals surface area contributed by atoms with Gasteiger partial charge in [0.15, 0.2) is 0 Å². The van der Waals surface area contributed by atoms with Crippen LogP contribution in [0.5, 0.6) is 11.5 Å². The molecule has 0 unspecified atom stereocenters. The van der Waals surface area contributed by atoms with E-state index in [4.69, 9.17) is 9.15 Å². The summed E-state index contributed by atoms with van der Waals surface area (Å²) in [5.74, 6) is 4.24. The van der Waals surface area contributed by atoms with Crippen molar-refractivity contribution in [2.24, 2.45) is 17.8 Å². The average Bonchev–Trinajstić information content (AvgIpc) is 3.95. The van der Waals surface area contributed by atoms with Crippen molar-refractivity contribution < 1.29 is 9.15 Å². The van der Waals surface area contributed by atoms with E-state index < -0.39 is 5.41 Å². The van der Waals surface area contributed by atoms with E-state index >= 15 is 0 Å². The van der Waals surface area contributed by atoms with Crippen LogP contribution in [0.3, 0.4) is 0 Å². The van der Waals surface area contributed by atoms with E-state index in [-0.39, 0.29) is 5.41 Å². The van der Waals surface area contributed by atoms with Crippen molar-refractivity contribution in [2.45, 2.75) is 49.4 Å². The van der Waals surface area contributed by atoms with Crippen LogP contribution in [0.1, 0.15) is 66.3 Å². The molecule has 11 aromatic rings. The molecule has 0 N–H and O–H groups in total. The average molecular weight is 926 g/mol. The Hall–Kier alpha value is -8.14. The van der Waals surface area contributed by atoms with E-state index in [1.807, 2.05) is 6.07 Å². The molecule has 1 spiro atoms. The summed E-state index contributed by atoms with van der Waals surface area (Å²) in [5, 5.41) is 4.73. The van der Waals surface area contributed by atoms with Crippen LogP contribution < -0.4 is 9.64 Å². The molecule has 0 saturated heterocycles. The first-order chi connectivity index (χ1) is 35.6. The highest BCUT2D eigenvalue weighted by atomic mass is 16.5. The summed E-state index contributed by atoms with van der Waals surface area (Å²) >= 11 is 0. The Morgan fingerprint density at radius 2 is 0.889 bits per heavy atom. The summed E-state index contributed by atoms with van der Waals surface area (Å²) in [5.41, 5.74) is 18.8. The number of hydrogen-bond donors (Lipinski definition) is 0. The van der Waals surface area contributed by atoms with Gasteiger partial charge >= 0.3 is 0 Å². The fourth-order valence-corrected chi connectivity index (χ4v) is 15.6. The maximum Gasteiger partial charge on any atom is 0.136 e. The van der Waals surface area contributed by atoms with Crippen LogP contribution in [0.15, 0.2) is 223 Å². The summed E-state index contributed by atoms with van der Waals surface area (Å²) in [6, 6.07) is 81.4. The number of anilines is 3. The first-order valence-electron chi connectivity index (χ1n) is 26.2.